The van der Waals surface area contributed by atoms with Crippen LogP contribution in [0.1, 0.15) is 28.5 Å². The van der Waals surface area contributed by atoms with Crippen LogP contribution in [0, 0.1) is 0 Å². The summed E-state index contributed by atoms with van der Waals surface area (Å²) in [7, 11) is 0. The van der Waals surface area contributed by atoms with E-state index >= 15 is 0 Å². The summed E-state index contributed by atoms with van der Waals surface area (Å²) >= 11 is 0. The first kappa shape index (κ1) is 17.7. The van der Waals surface area contributed by atoms with Crippen molar-refractivity contribution in [3.05, 3.63) is 83.7 Å². The summed E-state index contributed by atoms with van der Waals surface area (Å²) in [6.45, 7) is 3.57. The first-order valence-electron chi connectivity index (χ1n) is 8.82. The monoisotopic (exact) mass is 349 g/mol. The van der Waals surface area contributed by atoms with Crippen molar-refractivity contribution in [1.29, 1.82) is 0 Å². The van der Waals surface area contributed by atoms with E-state index in [2.05, 4.69) is 22.5 Å². The highest BCUT2D eigenvalue weighted by atomic mass is 16.5. The first-order valence-corrected chi connectivity index (χ1v) is 8.82. The van der Waals surface area contributed by atoms with E-state index in [4.69, 9.17) is 4.74 Å². The Balaban J connectivity index is 1.57. The lowest BCUT2D eigenvalue weighted by molar-refractivity contribution is 0.0946. The molecule has 1 heterocycles. The van der Waals surface area contributed by atoms with Crippen LogP contribution in [0.5, 0.6) is 5.75 Å². The molecule has 0 aliphatic rings. The van der Waals surface area contributed by atoms with Gasteiger partial charge < -0.3 is 10.1 Å². The van der Waals surface area contributed by atoms with Gasteiger partial charge in [-0.1, -0.05) is 55.5 Å². The summed E-state index contributed by atoms with van der Waals surface area (Å²) in [5.74, 6) is 0.685. The molecule has 0 atom stereocenters. The number of aromatic nitrogens is 2. The predicted octanol–water partition coefficient (Wildman–Crippen LogP) is 3.30. The van der Waals surface area contributed by atoms with Gasteiger partial charge in [-0.3, -0.25) is 9.48 Å². The molecule has 0 unspecified atom stereocenters. The topological polar surface area (TPSA) is 56.1 Å². The molecule has 2 aromatic carbocycles. The van der Waals surface area contributed by atoms with Gasteiger partial charge in [0.15, 0.2) is 0 Å². The molecule has 1 N–H and O–H groups in total. The fourth-order valence-corrected chi connectivity index (χ4v) is 2.81. The van der Waals surface area contributed by atoms with Gasteiger partial charge in [-0.25, -0.2) is 0 Å². The second-order valence-electron chi connectivity index (χ2n) is 5.92. The Kier molecular flexibility index (Phi) is 6.04. The van der Waals surface area contributed by atoms with Crippen molar-refractivity contribution < 1.29 is 9.53 Å². The molecular formula is C21H23N3O2. The third-order valence-electron chi connectivity index (χ3n) is 4.10. The lowest BCUT2D eigenvalue weighted by Gasteiger charge is -2.09. The molecule has 0 saturated carbocycles. The molecule has 0 aliphatic carbocycles. The Labute approximate surface area is 153 Å². The van der Waals surface area contributed by atoms with E-state index in [1.165, 1.54) is 0 Å². The van der Waals surface area contributed by atoms with Crippen LogP contribution in [0.25, 0.3) is 0 Å². The largest absolute Gasteiger partial charge is 0.492 e. The van der Waals surface area contributed by atoms with Crippen LogP contribution in [-0.2, 0) is 13.0 Å². The highest BCUT2D eigenvalue weighted by molar-refractivity contribution is 5.95. The molecule has 0 radical (unpaired) electrons. The number of benzene rings is 2. The fraction of sp³-hybridized carbons (Fsp3) is 0.238. The molecule has 0 spiro atoms. The second kappa shape index (κ2) is 8.85. The molecule has 0 saturated heterocycles. The van der Waals surface area contributed by atoms with Crippen LogP contribution in [-0.4, -0.2) is 28.8 Å². The fourth-order valence-electron chi connectivity index (χ4n) is 2.81. The van der Waals surface area contributed by atoms with Crippen molar-refractivity contribution in [3.8, 4) is 5.75 Å². The van der Waals surface area contributed by atoms with Gasteiger partial charge in [0, 0.05) is 0 Å². The number of para-hydroxylation sites is 1. The molecule has 1 amide bonds. The highest BCUT2D eigenvalue weighted by Gasteiger charge is 2.16. The van der Waals surface area contributed by atoms with Crippen molar-refractivity contribution in [2.24, 2.45) is 0 Å². The van der Waals surface area contributed by atoms with Crippen LogP contribution >= 0.6 is 0 Å². The smallest absolute Gasteiger partial charge is 0.254 e. The molecule has 0 bridgehead atoms. The van der Waals surface area contributed by atoms with E-state index < -0.39 is 0 Å². The second-order valence-corrected chi connectivity index (χ2v) is 5.92. The van der Waals surface area contributed by atoms with Crippen LogP contribution < -0.4 is 10.1 Å². The lowest BCUT2D eigenvalue weighted by Crippen LogP contribution is -2.28. The number of carbonyl (C=O) groups excluding carboxylic acids is 1. The van der Waals surface area contributed by atoms with Gasteiger partial charge >= 0.3 is 0 Å². The van der Waals surface area contributed by atoms with Crippen molar-refractivity contribution in [2.45, 2.75) is 19.9 Å². The number of ether oxygens (including phenoxy) is 1. The number of nitrogens with zero attached hydrogens (tertiary/aromatic N) is 2. The number of hydrogen-bond donors (Lipinski definition) is 1. The summed E-state index contributed by atoms with van der Waals surface area (Å²) in [5.41, 5.74) is 2.73. The van der Waals surface area contributed by atoms with Crippen LogP contribution in [0.15, 0.2) is 66.9 Å². The van der Waals surface area contributed by atoms with E-state index in [1.54, 1.807) is 6.20 Å². The SMILES string of the molecule is CCc1c(C(=O)NCCOc2ccccc2)cnn1Cc1ccccc1. The minimum absolute atomic E-state index is 0.113. The van der Waals surface area contributed by atoms with E-state index in [0.29, 0.717) is 25.3 Å². The minimum atomic E-state index is -0.113. The van der Waals surface area contributed by atoms with Crippen molar-refractivity contribution in [2.75, 3.05) is 13.2 Å². The average molecular weight is 349 g/mol. The number of carbonyl (C=O) groups is 1. The van der Waals surface area contributed by atoms with E-state index in [1.807, 2.05) is 60.1 Å². The molecule has 5 nitrogen and oxygen atoms in total. The van der Waals surface area contributed by atoms with E-state index in [-0.39, 0.29) is 5.91 Å². The Morgan fingerprint density at radius 2 is 1.77 bits per heavy atom. The Hall–Kier alpha value is -3.08. The summed E-state index contributed by atoms with van der Waals surface area (Å²) in [6, 6.07) is 19.7. The van der Waals surface area contributed by atoms with Crippen molar-refractivity contribution in [1.82, 2.24) is 15.1 Å². The average Bonchev–Trinajstić information content (AvgIpc) is 3.09. The minimum Gasteiger partial charge on any atom is -0.492 e. The van der Waals surface area contributed by atoms with Crippen molar-refractivity contribution >= 4 is 5.91 Å². The molecule has 26 heavy (non-hydrogen) atoms. The van der Waals surface area contributed by atoms with Gasteiger partial charge in [-0.2, -0.15) is 5.10 Å². The van der Waals surface area contributed by atoms with Crippen LogP contribution in [0.4, 0.5) is 0 Å². The Morgan fingerprint density at radius 1 is 1.08 bits per heavy atom. The quantitative estimate of drug-likeness (QED) is 0.635. The number of amides is 1. The number of rotatable bonds is 8. The van der Waals surface area contributed by atoms with Gasteiger partial charge in [0.05, 0.1) is 30.5 Å². The van der Waals surface area contributed by atoms with E-state index in [9.17, 15) is 4.79 Å². The maximum atomic E-state index is 12.5. The molecule has 0 fully saturated rings. The van der Waals surface area contributed by atoms with Gasteiger partial charge in [0.2, 0.25) is 0 Å². The highest BCUT2D eigenvalue weighted by Crippen LogP contribution is 2.12. The zero-order chi connectivity index (χ0) is 18.2. The van der Waals surface area contributed by atoms with Gasteiger partial charge in [0.25, 0.3) is 5.91 Å². The zero-order valence-electron chi connectivity index (χ0n) is 14.9. The summed E-state index contributed by atoms with van der Waals surface area (Å²) in [6.07, 6.45) is 2.39. The number of nitrogens with one attached hydrogen (secondary N) is 1. The lowest BCUT2D eigenvalue weighted by atomic mass is 10.1. The maximum Gasteiger partial charge on any atom is 0.254 e. The van der Waals surface area contributed by atoms with Gasteiger partial charge in [0.1, 0.15) is 12.4 Å². The zero-order valence-corrected chi connectivity index (χ0v) is 14.9. The van der Waals surface area contributed by atoms with Crippen LogP contribution in [0.3, 0.4) is 0 Å². The predicted molar refractivity (Wildman–Crippen MR) is 101 cm³/mol. The molecule has 3 rings (SSSR count). The number of hydrogen-bond acceptors (Lipinski definition) is 3. The Morgan fingerprint density at radius 3 is 2.46 bits per heavy atom. The molecule has 5 heteroatoms. The summed E-state index contributed by atoms with van der Waals surface area (Å²) < 4.78 is 7.49. The molecule has 134 valence electrons. The third-order valence-corrected chi connectivity index (χ3v) is 4.10. The van der Waals surface area contributed by atoms with Crippen molar-refractivity contribution in [3.63, 3.8) is 0 Å². The molecular weight excluding hydrogens is 326 g/mol. The third kappa shape index (κ3) is 4.51. The van der Waals surface area contributed by atoms with Gasteiger partial charge in [-0.05, 0) is 24.1 Å². The summed E-state index contributed by atoms with van der Waals surface area (Å²) in [4.78, 5) is 12.5. The van der Waals surface area contributed by atoms with E-state index in [0.717, 1.165) is 23.4 Å². The van der Waals surface area contributed by atoms with Gasteiger partial charge in [-0.15, -0.1) is 0 Å². The standard InChI is InChI=1S/C21H23N3O2/c1-2-20-19(15-23-24(20)16-17-9-5-3-6-10-17)21(25)22-13-14-26-18-11-7-4-8-12-18/h3-12,15H,2,13-14,16H2,1H3,(H,22,25). The van der Waals surface area contributed by atoms with Crippen LogP contribution in [0.2, 0.25) is 0 Å². The normalized spacial score (nSPS) is 10.5. The molecule has 1 aromatic heterocycles. The Bertz CT molecular complexity index is 829. The molecule has 0 aliphatic heterocycles. The first-order chi connectivity index (χ1) is 12.8. The molecule has 3 aromatic rings. The summed E-state index contributed by atoms with van der Waals surface area (Å²) in [5, 5.41) is 7.31. The maximum absolute atomic E-state index is 12.5.